The Morgan fingerprint density at radius 2 is 2.05 bits per heavy atom. The van der Waals surface area contributed by atoms with Crippen LogP contribution in [0.1, 0.15) is 11.4 Å². The molecule has 19 heavy (non-hydrogen) atoms. The van der Waals surface area contributed by atoms with Crippen molar-refractivity contribution in [3.05, 3.63) is 58.9 Å². The van der Waals surface area contributed by atoms with E-state index in [1.54, 1.807) is 0 Å². The summed E-state index contributed by atoms with van der Waals surface area (Å²) in [4.78, 5) is 7.67. The molecule has 0 spiro atoms. The van der Waals surface area contributed by atoms with Gasteiger partial charge in [0.25, 0.3) is 0 Å². The average molecular weight is 273 g/mol. The molecule has 0 atom stereocenters. The highest BCUT2D eigenvalue weighted by molar-refractivity contribution is 6.32. The first kappa shape index (κ1) is 12.1. The molecule has 3 nitrogen and oxygen atoms in total. The van der Waals surface area contributed by atoms with Crippen LogP contribution in [0.2, 0.25) is 5.02 Å². The minimum atomic E-state index is 0.372. The normalized spacial score (nSPS) is 10.8. The lowest BCUT2D eigenvalue weighted by Crippen LogP contribution is -1.98. The maximum absolute atomic E-state index is 6.12. The molecule has 1 N–H and O–H groups in total. The summed E-state index contributed by atoms with van der Waals surface area (Å²) in [5.41, 5.74) is 3.06. The number of rotatable bonds is 3. The number of nitrogens with one attached hydrogen (secondary N) is 1. The second-order valence-electron chi connectivity index (χ2n) is 4.42. The molecule has 0 amide bonds. The van der Waals surface area contributed by atoms with Gasteiger partial charge in [-0.2, -0.15) is 0 Å². The molecule has 2 aromatic carbocycles. The molecular weight excluding hydrogens is 260 g/mol. The molecule has 3 aromatic rings. The fraction of sp³-hybridized carbons (Fsp3) is 0.133. The molecule has 1 heterocycles. The van der Waals surface area contributed by atoms with E-state index in [9.17, 15) is 0 Å². The Labute approximate surface area is 116 Å². The zero-order valence-corrected chi connectivity index (χ0v) is 11.2. The van der Waals surface area contributed by atoms with E-state index >= 15 is 0 Å². The van der Waals surface area contributed by atoms with Gasteiger partial charge in [0.05, 0.1) is 16.1 Å². The quantitative estimate of drug-likeness (QED) is 0.779. The van der Waals surface area contributed by atoms with Gasteiger partial charge in [0, 0.05) is 0 Å². The number of imidazole rings is 1. The fourth-order valence-electron chi connectivity index (χ4n) is 1.94. The molecule has 0 saturated heterocycles. The predicted octanol–water partition coefficient (Wildman–Crippen LogP) is 4.10. The molecule has 0 radical (unpaired) electrons. The van der Waals surface area contributed by atoms with Crippen molar-refractivity contribution in [1.82, 2.24) is 9.97 Å². The van der Waals surface area contributed by atoms with Crippen LogP contribution in [0.15, 0.2) is 42.5 Å². The number of aromatic amines is 1. The summed E-state index contributed by atoms with van der Waals surface area (Å²) in [5.74, 6) is 1.46. The number of H-pyrrole nitrogens is 1. The van der Waals surface area contributed by atoms with E-state index in [0.717, 1.165) is 22.4 Å². The highest BCUT2D eigenvalue weighted by atomic mass is 35.5. The van der Waals surface area contributed by atoms with Crippen LogP contribution in [0, 0.1) is 6.92 Å². The lowest BCUT2D eigenvalue weighted by atomic mass is 10.2. The number of halogens is 1. The Bertz CT molecular complexity index is 688. The summed E-state index contributed by atoms with van der Waals surface area (Å²) in [6.45, 7) is 2.37. The highest BCUT2D eigenvalue weighted by Crippen LogP contribution is 2.25. The van der Waals surface area contributed by atoms with Gasteiger partial charge >= 0.3 is 0 Å². The number of hydrogen-bond acceptors (Lipinski definition) is 2. The summed E-state index contributed by atoms with van der Waals surface area (Å²) in [5, 5.41) is 0.621. The SMILES string of the molecule is Cc1ccc(OCc2nc3ccccc3[nH]2)c(Cl)c1. The van der Waals surface area contributed by atoms with Gasteiger partial charge in [0.2, 0.25) is 0 Å². The Morgan fingerprint density at radius 3 is 2.84 bits per heavy atom. The lowest BCUT2D eigenvalue weighted by molar-refractivity contribution is 0.297. The topological polar surface area (TPSA) is 37.9 Å². The first-order chi connectivity index (χ1) is 9.22. The van der Waals surface area contributed by atoms with E-state index in [-0.39, 0.29) is 0 Å². The maximum Gasteiger partial charge on any atom is 0.146 e. The Balaban J connectivity index is 1.78. The summed E-state index contributed by atoms with van der Waals surface area (Å²) < 4.78 is 5.68. The van der Waals surface area contributed by atoms with Crippen molar-refractivity contribution in [2.45, 2.75) is 13.5 Å². The first-order valence-electron chi connectivity index (χ1n) is 6.05. The number of benzene rings is 2. The summed E-state index contributed by atoms with van der Waals surface area (Å²) in [7, 11) is 0. The van der Waals surface area contributed by atoms with E-state index in [0.29, 0.717) is 17.4 Å². The van der Waals surface area contributed by atoms with Gasteiger partial charge in [-0.05, 0) is 36.8 Å². The molecule has 0 bridgehead atoms. The number of aryl methyl sites for hydroxylation is 1. The van der Waals surface area contributed by atoms with Crippen molar-refractivity contribution >= 4 is 22.6 Å². The molecule has 0 fully saturated rings. The van der Waals surface area contributed by atoms with Crippen molar-refractivity contribution in [3.8, 4) is 5.75 Å². The number of hydrogen-bond donors (Lipinski definition) is 1. The minimum Gasteiger partial charge on any atom is -0.484 e. The Hall–Kier alpha value is -2.00. The molecule has 1 aromatic heterocycles. The molecule has 0 unspecified atom stereocenters. The number of ether oxygens (including phenoxy) is 1. The third-order valence-corrected chi connectivity index (χ3v) is 3.19. The van der Waals surface area contributed by atoms with Crippen LogP contribution in [-0.2, 0) is 6.61 Å². The molecular formula is C15H13ClN2O. The average Bonchev–Trinajstić information content (AvgIpc) is 2.80. The largest absolute Gasteiger partial charge is 0.484 e. The maximum atomic E-state index is 6.12. The van der Waals surface area contributed by atoms with Gasteiger partial charge in [0.1, 0.15) is 18.2 Å². The van der Waals surface area contributed by atoms with Crippen LogP contribution in [0.3, 0.4) is 0 Å². The number of aromatic nitrogens is 2. The summed E-state index contributed by atoms with van der Waals surface area (Å²) >= 11 is 6.12. The van der Waals surface area contributed by atoms with Crippen molar-refractivity contribution in [2.24, 2.45) is 0 Å². The lowest BCUT2D eigenvalue weighted by Gasteiger charge is -2.06. The number of fused-ring (bicyclic) bond motifs is 1. The van der Waals surface area contributed by atoms with E-state index < -0.39 is 0 Å². The smallest absolute Gasteiger partial charge is 0.146 e. The van der Waals surface area contributed by atoms with Gasteiger partial charge in [-0.1, -0.05) is 29.8 Å². The monoisotopic (exact) mass is 272 g/mol. The molecule has 0 aliphatic rings. The van der Waals surface area contributed by atoms with E-state index in [1.165, 1.54) is 0 Å². The molecule has 0 saturated carbocycles. The Morgan fingerprint density at radius 1 is 1.21 bits per heavy atom. The molecule has 0 aliphatic carbocycles. The van der Waals surface area contributed by atoms with Crippen LogP contribution in [0.5, 0.6) is 5.75 Å². The molecule has 96 valence electrons. The van der Waals surface area contributed by atoms with Crippen molar-refractivity contribution < 1.29 is 4.74 Å². The molecule has 0 aliphatic heterocycles. The van der Waals surface area contributed by atoms with Gasteiger partial charge in [-0.15, -0.1) is 0 Å². The standard InChI is InChI=1S/C15H13ClN2O/c1-10-6-7-14(11(16)8-10)19-9-15-17-12-4-2-3-5-13(12)18-15/h2-8H,9H2,1H3,(H,17,18). The molecule has 3 rings (SSSR count). The van der Waals surface area contributed by atoms with E-state index in [4.69, 9.17) is 16.3 Å². The van der Waals surface area contributed by atoms with Crippen LogP contribution in [0.4, 0.5) is 0 Å². The van der Waals surface area contributed by atoms with Gasteiger partial charge in [-0.25, -0.2) is 4.98 Å². The highest BCUT2D eigenvalue weighted by Gasteiger charge is 2.05. The predicted molar refractivity (Wildman–Crippen MR) is 76.6 cm³/mol. The van der Waals surface area contributed by atoms with Gasteiger partial charge in [-0.3, -0.25) is 0 Å². The summed E-state index contributed by atoms with van der Waals surface area (Å²) in [6, 6.07) is 13.6. The minimum absolute atomic E-state index is 0.372. The second-order valence-corrected chi connectivity index (χ2v) is 4.83. The van der Waals surface area contributed by atoms with E-state index in [2.05, 4.69) is 9.97 Å². The van der Waals surface area contributed by atoms with Crippen LogP contribution < -0.4 is 4.74 Å². The number of nitrogens with zero attached hydrogens (tertiary/aromatic N) is 1. The third-order valence-electron chi connectivity index (χ3n) is 2.89. The van der Waals surface area contributed by atoms with Crippen LogP contribution >= 0.6 is 11.6 Å². The van der Waals surface area contributed by atoms with Gasteiger partial charge < -0.3 is 9.72 Å². The van der Waals surface area contributed by atoms with E-state index in [1.807, 2.05) is 49.4 Å². The van der Waals surface area contributed by atoms with Gasteiger partial charge in [0.15, 0.2) is 0 Å². The number of para-hydroxylation sites is 2. The fourth-order valence-corrected chi connectivity index (χ4v) is 2.23. The third kappa shape index (κ3) is 2.56. The zero-order valence-electron chi connectivity index (χ0n) is 10.5. The zero-order chi connectivity index (χ0) is 13.2. The van der Waals surface area contributed by atoms with Crippen molar-refractivity contribution in [1.29, 1.82) is 0 Å². The second kappa shape index (κ2) is 4.94. The van der Waals surface area contributed by atoms with Crippen LogP contribution in [0.25, 0.3) is 11.0 Å². The Kier molecular flexibility index (Phi) is 3.13. The van der Waals surface area contributed by atoms with Crippen molar-refractivity contribution in [2.75, 3.05) is 0 Å². The first-order valence-corrected chi connectivity index (χ1v) is 6.43. The molecule has 4 heteroatoms. The van der Waals surface area contributed by atoms with Crippen molar-refractivity contribution in [3.63, 3.8) is 0 Å². The van der Waals surface area contributed by atoms with Crippen LogP contribution in [-0.4, -0.2) is 9.97 Å². The summed E-state index contributed by atoms with van der Waals surface area (Å²) in [6.07, 6.45) is 0.